The lowest BCUT2D eigenvalue weighted by molar-refractivity contribution is 0.390. The first kappa shape index (κ1) is 13.6. The van der Waals surface area contributed by atoms with Crippen LogP contribution in [0.4, 0.5) is 0 Å². The molecule has 0 amide bonds. The predicted octanol–water partition coefficient (Wildman–Crippen LogP) is 2.76. The maximum absolute atomic E-state index is 5.33. The van der Waals surface area contributed by atoms with E-state index in [0.29, 0.717) is 0 Å². The van der Waals surface area contributed by atoms with E-state index in [2.05, 4.69) is 25.2 Å². The predicted molar refractivity (Wildman–Crippen MR) is 70.7 cm³/mol. The highest BCUT2D eigenvalue weighted by Crippen LogP contribution is 2.24. The Balaban J connectivity index is 2.61. The zero-order valence-electron chi connectivity index (χ0n) is 11.0. The summed E-state index contributed by atoms with van der Waals surface area (Å²) in [6.07, 6.45) is 2.16. The minimum absolute atomic E-state index is 0.789. The summed E-state index contributed by atoms with van der Waals surface area (Å²) in [5.41, 5.74) is 2.45. The van der Waals surface area contributed by atoms with Crippen LogP contribution in [0.15, 0.2) is 29.8 Å². The van der Waals surface area contributed by atoms with Gasteiger partial charge in [-0.05, 0) is 19.9 Å². The highest BCUT2D eigenvalue weighted by Gasteiger charge is 2.03. The molecule has 0 fully saturated rings. The Morgan fingerprint density at radius 3 is 2.59 bits per heavy atom. The molecule has 3 heteroatoms. The Labute approximate surface area is 103 Å². The quantitative estimate of drug-likeness (QED) is 0.607. The van der Waals surface area contributed by atoms with E-state index < -0.39 is 0 Å². The van der Waals surface area contributed by atoms with Crippen LogP contribution < -0.4 is 14.8 Å². The summed E-state index contributed by atoms with van der Waals surface area (Å²) in [6, 6.07) is 5.87. The molecule has 0 aliphatic rings. The van der Waals surface area contributed by atoms with Crippen molar-refractivity contribution in [3.05, 3.63) is 35.4 Å². The molecule has 0 heterocycles. The maximum Gasteiger partial charge on any atom is 0.127 e. The summed E-state index contributed by atoms with van der Waals surface area (Å²) in [5.74, 6) is 1.67. The van der Waals surface area contributed by atoms with Gasteiger partial charge in [-0.2, -0.15) is 0 Å². The van der Waals surface area contributed by atoms with Gasteiger partial charge in [0.1, 0.15) is 11.5 Å². The van der Waals surface area contributed by atoms with Crippen molar-refractivity contribution in [1.82, 2.24) is 5.32 Å². The zero-order chi connectivity index (χ0) is 12.7. The minimum atomic E-state index is 0.789. The molecule has 0 aromatic heterocycles. The van der Waals surface area contributed by atoms with Crippen LogP contribution in [0.5, 0.6) is 11.5 Å². The topological polar surface area (TPSA) is 30.5 Å². The third-order valence-electron chi connectivity index (χ3n) is 2.46. The van der Waals surface area contributed by atoms with Crippen molar-refractivity contribution in [3.8, 4) is 11.5 Å². The molecule has 17 heavy (non-hydrogen) atoms. The van der Waals surface area contributed by atoms with Crippen molar-refractivity contribution in [2.24, 2.45) is 0 Å². The van der Waals surface area contributed by atoms with E-state index in [-0.39, 0.29) is 0 Å². The Hall–Kier alpha value is -1.48. The molecule has 1 aromatic rings. The van der Waals surface area contributed by atoms with Crippen LogP contribution in [0.1, 0.15) is 19.4 Å². The third kappa shape index (κ3) is 4.49. The van der Waals surface area contributed by atoms with Gasteiger partial charge in [-0.1, -0.05) is 17.7 Å². The Morgan fingerprint density at radius 1 is 1.24 bits per heavy atom. The summed E-state index contributed by atoms with van der Waals surface area (Å²) >= 11 is 0. The largest absolute Gasteiger partial charge is 0.497 e. The van der Waals surface area contributed by atoms with E-state index in [1.54, 1.807) is 14.2 Å². The summed E-state index contributed by atoms with van der Waals surface area (Å²) in [4.78, 5) is 0. The molecule has 0 saturated heterocycles. The van der Waals surface area contributed by atoms with Crippen molar-refractivity contribution in [2.75, 3.05) is 20.8 Å². The SMILES string of the molecule is COc1ccc(CNCC=C(C)C)c(OC)c1. The highest BCUT2D eigenvalue weighted by molar-refractivity contribution is 5.40. The Morgan fingerprint density at radius 2 is 2.00 bits per heavy atom. The standard InChI is InChI=1S/C14H21NO2/c1-11(2)7-8-15-10-12-5-6-13(16-3)9-14(12)17-4/h5-7,9,15H,8,10H2,1-4H3. The molecular weight excluding hydrogens is 214 g/mol. The van der Waals surface area contributed by atoms with Crippen molar-refractivity contribution in [2.45, 2.75) is 20.4 Å². The van der Waals surface area contributed by atoms with E-state index in [9.17, 15) is 0 Å². The van der Waals surface area contributed by atoms with Gasteiger partial charge < -0.3 is 14.8 Å². The van der Waals surface area contributed by atoms with E-state index in [0.717, 1.165) is 30.2 Å². The van der Waals surface area contributed by atoms with Crippen LogP contribution in [0.2, 0.25) is 0 Å². The normalized spacial score (nSPS) is 9.88. The smallest absolute Gasteiger partial charge is 0.127 e. The zero-order valence-corrected chi connectivity index (χ0v) is 11.0. The first-order valence-electron chi connectivity index (χ1n) is 5.72. The number of ether oxygens (including phenoxy) is 2. The van der Waals surface area contributed by atoms with Crippen LogP contribution in [0.3, 0.4) is 0 Å². The summed E-state index contributed by atoms with van der Waals surface area (Å²) in [6.45, 7) is 5.85. The molecule has 0 bridgehead atoms. The van der Waals surface area contributed by atoms with Gasteiger partial charge in [0.05, 0.1) is 14.2 Å². The number of hydrogen-bond acceptors (Lipinski definition) is 3. The molecule has 3 nitrogen and oxygen atoms in total. The van der Waals surface area contributed by atoms with Crippen molar-refractivity contribution in [3.63, 3.8) is 0 Å². The summed E-state index contributed by atoms with van der Waals surface area (Å²) in [7, 11) is 3.33. The van der Waals surface area contributed by atoms with Crippen LogP contribution >= 0.6 is 0 Å². The van der Waals surface area contributed by atoms with E-state index in [4.69, 9.17) is 9.47 Å². The number of methoxy groups -OCH3 is 2. The van der Waals surface area contributed by atoms with Gasteiger partial charge in [-0.25, -0.2) is 0 Å². The highest BCUT2D eigenvalue weighted by atomic mass is 16.5. The van der Waals surface area contributed by atoms with Gasteiger partial charge in [0.15, 0.2) is 0 Å². The summed E-state index contributed by atoms with van der Waals surface area (Å²) < 4.78 is 10.5. The second-order valence-corrected chi connectivity index (χ2v) is 4.09. The molecule has 1 rings (SSSR count). The van der Waals surface area contributed by atoms with E-state index in [1.165, 1.54) is 5.57 Å². The maximum atomic E-state index is 5.33. The van der Waals surface area contributed by atoms with E-state index >= 15 is 0 Å². The number of hydrogen-bond donors (Lipinski definition) is 1. The van der Waals surface area contributed by atoms with Crippen LogP contribution in [-0.2, 0) is 6.54 Å². The molecule has 0 atom stereocenters. The minimum Gasteiger partial charge on any atom is -0.497 e. The molecule has 0 unspecified atom stereocenters. The number of benzene rings is 1. The van der Waals surface area contributed by atoms with Crippen LogP contribution in [-0.4, -0.2) is 20.8 Å². The second kappa shape index (κ2) is 6.97. The second-order valence-electron chi connectivity index (χ2n) is 4.09. The lowest BCUT2D eigenvalue weighted by atomic mass is 10.2. The van der Waals surface area contributed by atoms with E-state index in [1.807, 2.05) is 18.2 Å². The summed E-state index contributed by atoms with van der Waals surface area (Å²) in [5, 5.41) is 3.35. The van der Waals surface area contributed by atoms with Gasteiger partial charge in [0.25, 0.3) is 0 Å². The fraction of sp³-hybridized carbons (Fsp3) is 0.429. The average Bonchev–Trinajstić information content (AvgIpc) is 2.34. The van der Waals surface area contributed by atoms with Crippen molar-refractivity contribution in [1.29, 1.82) is 0 Å². The first-order chi connectivity index (χ1) is 8.17. The van der Waals surface area contributed by atoms with Gasteiger partial charge >= 0.3 is 0 Å². The molecule has 1 aromatic carbocycles. The molecule has 0 aliphatic carbocycles. The average molecular weight is 235 g/mol. The fourth-order valence-corrected chi connectivity index (χ4v) is 1.48. The van der Waals surface area contributed by atoms with Gasteiger partial charge in [0.2, 0.25) is 0 Å². The lowest BCUT2D eigenvalue weighted by Crippen LogP contribution is -2.13. The number of allylic oxidation sites excluding steroid dienone is 1. The Bertz CT molecular complexity index is 382. The first-order valence-corrected chi connectivity index (χ1v) is 5.72. The van der Waals surface area contributed by atoms with Crippen molar-refractivity contribution < 1.29 is 9.47 Å². The van der Waals surface area contributed by atoms with Gasteiger partial charge in [-0.3, -0.25) is 0 Å². The fourth-order valence-electron chi connectivity index (χ4n) is 1.48. The molecule has 94 valence electrons. The Kier molecular flexibility index (Phi) is 5.57. The monoisotopic (exact) mass is 235 g/mol. The molecule has 1 N–H and O–H groups in total. The van der Waals surface area contributed by atoms with Gasteiger partial charge in [0, 0.05) is 24.7 Å². The third-order valence-corrected chi connectivity index (χ3v) is 2.46. The van der Waals surface area contributed by atoms with Gasteiger partial charge in [-0.15, -0.1) is 0 Å². The molecule has 0 aliphatic heterocycles. The number of rotatable bonds is 6. The van der Waals surface area contributed by atoms with Crippen LogP contribution in [0, 0.1) is 0 Å². The lowest BCUT2D eigenvalue weighted by Gasteiger charge is -2.10. The van der Waals surface area contributed by atoms with Crippen LogP contribution in [0.25, 0.3) is 0 Å². The molecular formula is C14H21NO2. The molecule has 0 saturated carbocycles. The molecule has 0 radical (unpaired) electrons. The van der Waals surface area contributed by atoms with Crippen molar-refractivity contribution >= 4 is 0 Å². The number of nitrogens with one attached hydrogen (secondary N) is 1. The molecule has 0 spiro atoms.